The Morgan fingerprint density at radius 1 is 1.00 bits per heavy atom. The lowest BCUT2D eigenvalue weighted by molar-refractivity contribution is -0.140. The van der Waals surface area contributed by atoms with Crippen molar-refractivity contribution in [2.45, 2.75) is 38.5 Å². The number of nitrogens with two attached hydrogens (primary N) is 1. The Morgan fingerprint density at radius 2 is 1.74 bits per heavy atom. The van der Waals surface area contributed by atoms with Gasteiger partial charge in [-0.05, 0) is 66.7 Å². The first-order valence-electron chi connectivity index (χ1n) is 13.5. The Kier molecular flexibility index (Phi) is 11.6. The van der Waals surface area contributed by atoms with Gasteiger partial charge in [0, 0.05) is 13.1 Å². The number of ether oxygens (including phenoxy) is 1. The molecule has 0 aliphatic heterocycles. The maximum Gasteiger partial charge on any atom is 0.242 e. The highest BCUT2D eigenvalue weighted by Gasteiger charge is 2.27. The summed E-state index contributed by atoms with van der Waals surface area (Å²) in [6.07, 6.45) is 8.89. The van der Waals surface area contributed by atoms with Gasteiger partial charge in [0.25, 0.3) is 0 Å². The molecule has 2 amide bonds. The minimum atomic E-state index is -0.265. The van der Waals surface area contributed by atoms with E-state index in [2.05, 4.69) is 31.2 Å². The quantitative estimate of drug-likeness (QED) is 0.303. The maximum atomic E-state index is 13.2. The molecule has 0 bridgehead atoms. The number of methoxy groups -OCH3 is 1. The van der Waals surface area contributed by atoms with E-state index in [4.69, 9.17) is 10.5 Å². The number of rotatable bonds is 14. The number of benzene rings is 2. The molecule has 0 aromatic heterocycles. The predicted molar refractivity (Wildman–Crippen MR) is 150 cm³/mol. The van der Waals surface area contributed by atoms with E-state index in [1.165, 1.54) is 10.5 Å². The second-order valence-corrected chi connectivity index (χ2v) is 10.0. The van der Waals surface area contributed by atoms with Crippen LogP contribution in [0.25, 0.3) is 0 Å². The normalized spacial score (nSPS) is 17.4. The van der Waals surface area contributed by atoms with E-state index in [1.54, 1.807) is 12.0 Å². The van der Waals surface area contributed by atoms with E-state index in [1.807, 2.05) is 42.5 Å². The van der Waals surface area contributed by atoms with E-state index >= 15 is 0 Å². The van der Waals surface area contributed by atoms with Crippen LogP contribution < -0.4 is 10.5 Å². The van der Waals surface area contributed by atoms with Gasteiger partial charge in [0.05, 0.1) is 26.7 Å². The lowest BCUT2D eigenvalue weighted by Gasteiger charge is -2.32. The van der Waals surface area contributed by atoms with Gasteiger partial charge in [0.2, 0.25) is 11.8 Å². The Balaban J connectivity index is 1.68. The van der Waals surface area contributed by atoms with Crippen molar-refractivity contribution >= 4 is 18.1 Å². The SMILES string of the molecule is COc1ccc(CCN(CC=O)C(=O)CN(CCC(c2ccccc2)C2C=CC(C)CC2)C(=O)CN)cc1. The van der Waals surface area contributed by atoms with Gasteiger partial charge in [-0.25, -0.2) is 0 Å². The molecule has 7 heteroatoms. The molecular weight excluding hydrogens is 478 g/mol. The highest BCUT2D eigenvalue weighted by atomic mass is 16.5. The minimum absolute atomic E-state index is 0.0165. The molecule has 0 fully saturated rings. The van der Waals surface area contributed by atoms with Gasteiger partial charge >= 0.3 is 0 Å². The molecule has 0 radical (unpaired) electrons. The maximum absolute atomic E-state index is 13.2. The molecule has 3 rings (SSSR count). The molecule has 1 aliphatic carbocycles. The summed E-state index contributed by atoms with van der Waals surface area (Å²) in [5.74, 6) is 1.45. The Hall–Kier alpha value is -3.45. The third-order valence-corrected chi connectivity index (χ3v) is 7.43. The highest BCUT2D eigenvalue weighted by Crippen LogP contribution is 2.36. The molecule has 0 spiro atoms. The van der Waals surface area contributed by atoms with E-state index in [0.717, 1.165) is 36.9 Å². The van der Waals surface area contributed by atoms with Crippen LogP contribution in [0.4, 0.5) is 0 Å². The fourth-order valence-corrected chi connectivity index (χ4v) is 5.09. The average molecular weight is 520 g/mol. The van der Waals surface area contributed by atoms with Crippen LogP contribution in [0.2, 0.25) is 0 Å². The predicted octanol–water partition coefficient (Wildman–Crippen LogP) is 3.83. The van der Waals surface area contributed by atoms with Crippen molar-refractivity contribution in [2.75, 3.05) is 39.8 Å². The van der Waals surface area contributed by atoms with Crippen molar-refractivity contribution < 1.29 is 19.1 Å². The second-order valence-electron chi connectivity index (χ2n) is 10.0. The smallest absolute Gasteiger partial charge is 0.242 e. The molecule has 38 heavy (non-hydrogen) atoms. The van der Waals surface area contributed by atoms with Crippen LogP contribution in [0.3, 0.4) is 0 Å². The minimum Gasteiger partial charge on any atom is -0.497 e. The van der Waals surface area contributed by atoms with Crippen molar-refractivity contribution in [2.24, 2.45) is 17.6 Å². The number of allylic oxidation sites excluding steroid dienone is 2. The van der Waals surface area contributed by atoms with Gasteiger partial charge in [0.15, 0.2) is 0 Å². The molecule has 0 saturated heterocycles. The van der Waals surface area contributed by atoms with Crippen molar-refractivity contribution in [1.82, 2.24) is 9.80 Å². The first kappa shape index (κ1) is 29.1. The average Bonchev–Trinajstić information content (AvgIpc) is 2.95. The molecule has 0 saturated carbocycles. The van der Waals surface area contributed by atoms with Crippen molar-refractivity contribution in [3.8, 4) is 5.75 Å². The summed E-state index contributed by atoms with van der Waals surface area (Å²) in [5, 5.41) is 0. The summed E-state index contributed by atoms with van der Waals surface area (Å²) in [7, 11) is 1.61. The molecule has 7 nitrogen and oxygen atoms in total. The van der Waals surface area contributed by atoms with Gasteiger partial charge in [-0.15, -0.1) is 0 Å². The zero-order chi connectivity index (χ0) is 27.3. The third kappa shape index (κ3) is 8.55. The van der Waals surface area contributed by atoms with Gasteiger partial charge in [-0.2, -0.15) is 0 Å². The topological polar surface area (TPSA) is 92.9 Å². The molecule has 204 valence electrons. The number of carbonyl (C=O) groups is 3. The standard InChI is InChI=1S/C31H41N3O4/c1-24-8-12-27(13-9-24)29(26-6-4-3-5-7-26)17-19-34(30(36)22-32)23-31(37)33(20-21-35)18-16-25-10-14-28(38-2)15-11-25/h3-8,10-12,14-15,21,24,27,29H,9,13,16-20,22-23,32H2,1-2H3. The third-order valence-electron chi connectivity index (χ3n) is 7.43. The zero-order valence-electron chi connectivity index (χ0n) is 22.6. The molecule has 0 heterocycles. The Labute approximate surface area is 226 Å². The molecule has 2 aromatic carbocycles. The number of carbonyl (C=O) groups excluding carboxylic acids is 3. The second kappa shape index (κ2) is 15.1. The van der Waals surface area contributed by atoms with Crippen LogP contribution >= 0.6 is 0 Å². The van der Waals surface area contributed by atoms with Crippen LogP contribution in [-0.2, 0) is 20.8 Å². The fourth-order valence-electron chi connectivity index (χ4n) is 5.09. The van der Waals surface area contributed by atoms with Crippen molar-refractivity contribution in [3.63, 3.8) is 0 Å². The molecule has 2 aromatic rings. The molecule has 3 unspecified atom stereocenters. The van der Waals surface area contributed by atoms with Crippen molar-refractivity contribution in [1.29, 1.82) is 0 Å². The summed E-state index contributed by atoms with van der Waals surface area (Å²) in [5.41, 5.74) is 8.00. The summed E-state index contributed by atoms with van der Waals surface area (Å²) in [6.45, 7) is 2.77. The first-order valence-corrected chi connectivity index (χ1v) is 13.5. The number of aldehydes is 1. The van der Waals surface area contributed by atoms with Crippen LogP contribution in [0, 0.1) is 11.8 Å². The highest BCUT2D eigenvalue weighted by molar-refractivity contribution is 5.86. The molecule has 2 N–H and O–H groups in total. The summed E-state index contributed by atoms with van der Waals surface area (Å²) in [4.78, 5) is 40.4. The molecule has 3 atom stereocenters. The summed E-state index contributed by atoms with van der Waals surface area (Å²) in [6, 6.07) is 18.0. The van der Waals surface area contributed by atoms with Crippen molar-refractivity contribution in [3.05, 3.63) is 77.9 Å². The van der Waals surface area contributed by atoms with Crippen LogP contribution in [0.5, 0.6) is 5.75 Å². The molecular formula is C31H41N3O4. The van der Waals surface area contributed by atoms with Gasteiger partial charge in [-0.3, -0.25) is 9.59 Å². The Bertz CT molecular complexity index is 1050. The first-order chi connectivity index (χ1) is 18.4. The van der Waals surface area contributed by atoms with E-state index in [0.29, 0.717) is 31.3 Å². The van der Waals surface area contributed by atoms with Crippen LogP contribution in [-0.4, -0.2) is 67.7 Å². The van der Waals surface area contributed by atoms with Gasteiger partial charge < -0.3 is 25.1 Å². The zero-order valence-corrected chi connectivity index (χ0v) is 22.6. The van der Waals surface area contributed by atoms with Crippen LogP contribution in [0.1, 0.15) is 43.2 Å². The summed E-state index contributed by atoms with van der Waals surface area (Å²) < 4.78 is 5.20. The number of hydrogen-bond donors (Lipinski definition) is 1. The van der Waals surface area contributed by atoms with E-state index in [-0.39, 0.29) is 37.4 Å². The number of amides is 2. The van der Waals surface area contributed by atoms with Crippen LogP contribution in [0.15, 0.2) is 66.7 Å². The van der Waals surface area contributed by atoms with Gasteiger partial charge in [0.1, 0.15) is 12.0 Å². The fraction of sp³-hybridized carbons (Fsp3) is 0.452. The molecule has 1 aliphatic rings. The van der Waals surface area contributed by atoms with Gasteiger partial charge in [-0.1, -0.05) is 61.5 Å². The lowest BCUT2D eigenvalue weighted by atomic mass is 9.76. The summed E-state index contributed by atoms with van der Waals surface area (Å²) >= 11 is 0. The number of hydrogen-bond acceptors (Lipinski definition) is 5. The van der Waals surface area contributed by atoms with E-state index in [9.17, 15) is 14.4 Å². The van der Waals surface area contributed by atoms with E-state index < -0.39 is 0 Å². The monoisotopic (exact) mass is 519 g/mol. The lowest BCUT2D eigenvalue weighted by Crippen LogP contribution is -2.46. The number of nitrogens with zero attached hydrogens (tertiary/aromatic N) is 2. The Morgan fingerprint density at radius 3 is 2.34 bits per heavy atom. The largest absolute Gasteiger partial charge is 0.497 e.